The summed E-state index contributed by atoms with van der Waals surface area (Å²) in [6, 6.07) is 6.41. The van der Waals surface area contributed by atoms with Gasteiger partial charge in [-0.1, -0.05) is 51.5 Å². The molecule has 1 aromatic rings. The van der Waals surface area contributed by atoms with Gasteiger partial charge in [-0.25, -0.2) is 4.79 Å². The predicted molar refractivity (Wildman–Crippen MR) is 88.4 cm³/mol. The largest absolute Gasteiger partial charge is 0.480 e. The summed E-state index contributed by atoms with van der Waals surface area (Å²) in [5.41, 5.74) is 1.73. The summed E-state index contributed by atoms with van der Waals surface area (Å²) in [5, 5.41) is 11.6. The third kappa shape index (κ3) is 5.85. The first-order chi connectivity index (χ1) is 10.9. The van der Waals surface area contributed by atoms with Crippen molar-refractivity contribution < 1.29 is 19.5 Å². The highest BCUT2D eigenvalue weighted by atomic mass is 16.4. The number of carboxylic acid groups (broad SMARTS) is 1. The van der Waals surface area contributed by atoms with Crippen LogP contribution in [0.1, 0.15) is 56.0 Å². The fraction of sp³-hybridized carbons (Fsp3) is 0.500. The molecule has 5 nitrogen and oxygen atoms in total. The highest BCUT2D eigenvalue weighted by molar-refractivity contribution is 5.98. The van der Waals surface area contributed by atoms with Crippen molar-refractivity contribution in [1.82, 2.24) is 5.32 Å². The Bertz CT molecular complexity index is 551. The van der Waals surface area contributed by atoms with E-state index in [-0.39, 0.29) is 24.5 Å². The quantitative estimate of drug-likeness (QED) is 0.686. The van der Waals surface area contributed by atoms with E-state index in [2.05, 4.69) is 5.32 Å². The molecule has 2 unspecified atom stereocenters. The van der Waals surface area contributed by atoms with E-state index in [0.29, 0.717) is 12.0 Å². The van der Waals surface area contributed by atoms with Gasteiger partial charge in [-0.05, 0) is 17.9 Å². The summed E-state index contributed by atoms with van der Waals surface area (Å²) in [7, 11) is 0. The Labute approximate surface area is 137 Å². The zero-order valence-corrected chi connectivity index (χ0v) is 14.0. The Kier molecular flexibility index (Phi) is 7.45. The first kappa shape index (κ1) is 18.9. The van der Waals surface area contributed by atoms with Gasteiger partial charge in [-0.3, -0.25) is 9.59 Å². The number of rotatable bonds is 9. The number of carbonyl (C=O) groups is 3. The van der Waals surface area contributed by atoms with Crippen LogP contribution < -0.4 is 5.32 Å². The van der Waals surface area contributed by atoms with Crippen LogP contribution in [0, 0.1) is 5.92 Å². The Morgan fingerprint density at radius 2 is 1.70 bits per heavy atom. The minimum Gasteiger partial charge on any atom is -0.480 e. The molecule has 0 aromatic heterocycles. The lowest BCUT2D eigenvalue weighted by Gasteiger charge is -2.20. The lowest BCUT2D eigenvalue weighted by atomic mass is 9.99. The molecular formula is C18H25NO4. The molecule has 2 atom stereocenters. The molecule has 1 aromatic carbocycles. The number of ketones is 1. The summed E-state index contributed by atoms with van der Waals surface area (Å²) in [5.74, 6) is -1.72. The van der Waals surface area contributed by atoms with Gasteiger partial charge in [0.2, 0.25) is 5.91 Å². The summed E-state index contributed by atoms with van der Waals surface area (Å²) in [6.07, 6.45) is 1.63. The minimum atomic E-state index is -1.05. The lowest BCUT2D eigenvalue weighted by molar-refractivity contribution is -0.143. The third-order valence-electron chi connectivity index (χ3n) is 4.06. The molecule has 0 aliphatic heterocycles. The molecule has 2 N–H and O–H groups in total. The zero-order chi connectivity index (χ0) is 17.4. The highest BCUT2D eigenvalue weighted by Crippen LogP contribution is 2.11. The number of benzene rings is 1. The average molecular weight is 319 g/mol. The predicted octanol–water partition coefficient (Wildman–Crippen LogP) is 2.83. The molecular weight excluding hydrogens is 294 g/mol. The van der Waals surface area contributed by atoms with Gasteiger partial charge in [0.25, 0.3) is 0 Å². The molecule has 23 heavy (non-hydrogen) atoms. The van der Waals surface area contributed by atoms with Crippen LogP contribution in [0.3, 0.4) is 0 Å². The van der Waals surface area contributed by atoms with Crippen LogP contribution in [0.25, 0.3) is 0 Å². The van der Waals surface area contributed by atoms with Gasteiger partial charge in [0.05, 0.1) is 0 Å². The molecule has 0 aliphatic rings. The van der Waals surface area contributed by atoms with Crippen molar-refractivity contribution in [1.29, 1.82) is 0 Å². The first-order valence-electron chi connectivity index (χ1n) is 8.03. The van der Waals surface area contributed by atoms with Crippen LogP contribution >= 0.6 is 0 Å². The van der Waals surface area contributed by atoms with Crippen LogP contribution in [-0.4, -0.2) is 28.8 Å². The maximum atomic E-state index is 12.1. The van der Waals surface area contributed by atoms with E-state index in [4.69, 9.17) is 5.11 Å². The molecule has 1 rings (SSSR count). The van der Waals surface area contributed by atoms with Crippen LogP contribution in [0.2, 0.25) is 0 Å². The van der Waals surface area contributed by atoms with Crippen molar-refractivity contribution in [2.45, 2.75) is 52.5 Å². The van der Waals surface area contributed by atoms with E-state index < -0.39 is 17.9 Å². The van der Waals surface area contributed by atoms with Gasteiger partial charge in [0.1, 0.15) is 6.04 Å². The zero-order valence-electron chi connectivity index (χ0n) is 14.0. The number of carboxylic acids is 1. The smallest absolute Gasteiger partial charge is 0.326 e. The molecule has 5 heteroatoms. The van der Waals surface area contributed by atoms with Crippen molar-refractivity contribution in [3.05, 3.63) is 35.4 Å². The topological polar surface area (TPSA) is 83.5 Å². The van der Waals surface area contributed by atoms with E-state index in [1.807, 2.05) is 26.0 Å². The van der Waals surface area contributed by atoms with Crippen LogP contribution in [0.4, 0.5) is 0 Å². The van der Waals surface area contributed by atoms with Gasteiger partial charge < -0.3 is 10.4 Å². The second kappa shape index (κ2) is 9.08. The fourth-order valence-electron chi connectivity index (χ4n) is 2.23. The number of hydrogen-bond acceptors (Lipinski definition) is 3. The molecule has 0 radical (unpaired) electrons. The molecule has 0 saturated carbocycles. The van der Waals surface area contributed by atoms with Crippen LogP contribution in [0.5, 0.6) is 0 Å². The fourth-order valence-corrected chi connectivity index (χ4v) is 2.23. The normalized spacial score (nSPS) is 13.2. The maximum Gasteiger partial charge on any atom is 0.326 e. The van der Waals surface area contributed by atoms with Gasteiger partial charge in [0, 0.05) is 18.4 Å². The SMILES string of the molecule is CCc1ccc(C(=O)CCC(=O)NC(C(=O)O)C(C)CC)cc1. The van der Waals surface area contributed by atoms with Crippen molar-refractivity contribution in [3.8, 4) is 0 Å². The Hall–Kier alpha value is -2.17. The van der Waals surface area contributed by atoms with Gasteiger partial charge in [0.15, 0.2) is 5.78 Å². The number of carbonyl (C=O) groups excluding carboxylic acids is 2. The lowest BCUT2D eigenvalue weighted by Crippen LogP contribution is -2.45. The van der Waals surface area contributed by atoms with E-state index >= 15 is 0 Å². The molecule has 0 saturated heterocycles. The van der Waals surface area contributed by atoms with Gasteiger partial charge in [-0.2, -0.15) is 0 Å². The van der Waals surface area contributed by atoms with Crippen LogP contribution in [0.15, 0.2) is 24.3 Å². The maximum absolute atomic E-state index is 12.1. The minimum absolute atomic E-state index is 0.00538. The van der Waals surface area contributed by atoms with Crippen molar-refractivity contribution in [2.24, 2.45) is 5.92 Å². The van der Waals surface area contributed by atoms with Gasteiger partial charge in [-0.15, -0.1) is 0 Å². The summed E-state index contributed by atoms with van der Waals surface area (Å²) < 4.78 is 0. The first-order valence-corrected chi connectivity index (χ1v) is 8.03. The van der Waals surface area contributed by atoms with Crippen molar-refractivity contribution >= 4 is 17.7 Å². The summed E-state index contributed by atoms with van der Waals surface area (Å²) in [6.45, 7) is 5.69. The second-order valence-electron chi connectivity index (χ2n) is 5.74. The molecule has 0 fully saturated rings. The van der Waals surface area contributed by atoms with E-state index in [0.717, 1.165) is 12.0 Å². The third-order valence-corrected chi connectivity index (χ3v) is 4.06. The molecule has 0 bridgehead atoms. The van der Waals surface area contributed by atoms with E-state index in [9.17, 15) is 14.4 Å². The number of aryl methyl sites for hydroxylation is 1. The average Bonchev–Trinajstić information content (AvgIpc) is 2.56. The number of nitrogens with one attached hydrogen (secondary N) is 1. The van der Waals surface area contributed by atoms with E-state index in [1.54, 1.807) is 19.1 Å². The Morgan fingerprint density at radius 1 is 1.09 bits per heavy atom. The highest BCUT2D eigenvalue weighted by Gasteiger charge is 2.25. The number of amides is 1. The molecule has 126 valence electrons. The summed E-state index contributed by atoms with van der Waals surface area (Å²) in [4.78, 5) is 35.1. The monoisotopic (exact) mass is 319 g/mol. The van der Waals surface area contributed by atoms with Crippen molar-refractivity contribution in [2.75, 3.05) is 0 Å². The van der Waals surface area contributed by atoms with Crippen LogP contribution in [-0.2, 0) is 16.0 Å². The number of Topliss-reactive ketones (excluding diaryl/α,β-unsaturated/α-hetero) is 1. The molecule has 0 aliphatic carbocycles. The summed E-state index contributed by atoms with van der Waals surface area (Å²) >= 11 is 0. The second-order valence-corrected chi connectivity index (χ2v) is 5.74. The number of aliphatic carboxylic acids is 1. The standard InChI is InChI=1S/C18H25NO4/c1-4-12(3)17(18(22)23)19-16(21)11-10-15(20)14-8-6-13(5-2)7-9-14/h6-9,12,17H,4-5,10-11H2,1-3H3,(H,19,21)(H,22,23). The molecule has 1 amide bonds. The number of hydrogen-bond donors (Lipinski definition) is 2. The molecule has 0 heterocycles. The van der Waals surface area contributed by atoms with E-state index in [1.165, 1.54) is 0 Å². The van der Waals surface area contributed by atoms with Crippen molar-refractivity contribution in [3.63, 3.8) is 0 Å². The molecule has 0 spiro atoms. The van der Waals surface area contributed by atoms with Gasteiger partial charge >= 0.3 is 5.97 Å². The Morgan fingerprint density at radius 3 is 2.17 bits per heavy atom. The Balaban J connectivity index is 2.54.